The average Bonchev–Trinajstić information content (AvgIpc) is 2.69. The van der Waals surface area contributed by atoms with Gasteiger partial charge in [-0.25, -0.2) is 4.98 Å². The average molecular weight is 239 g/mol. The number of nitrogens with one attached hydrogen (secondary N) is 1. The molecule has 0 bridgehead atoms. The lowest BCUT2D eigenvalue weighted by Crippen LogP contribution is -2.19. The molecule has 2 heterocycles. The molecule has 0 saturated heterocycles. The minimum absolute atomic E-state index is 0.00815. The number of aromatic amines is 1. The van der Waals surface area contributed by atoms with Crippen LogP contribution >= 0.6 is 0 Å². The molecule has 0 saturated carbocycles. The minimum Gasteiger partial charge on any atom is -0.396 e. The summed E-state index contributed by atoms with van der Waals surface area (Å²) >= 11 is 0. The predicted molar refractivity (Wildman–Crippen MR) is 60.2 cm³/mol. The molecular weight excluding hydrogens is 226 g/mol. The van der Waals surface area contributed by atoms with E-state index in [-0.39, 0.29) is 30.6 Å². The lowest BCUT2D eigenvalue weighted by molar-refractivity contribution is 0.138. The summed E-state index contributed by atoms with van der Waals surface area (Å²) in [5, 5.41) is 18.0. The molecule has 0 aromatic carbocycles. The maximum Gasteiger partial charge on any atom is 0.302 e. The van der Waals surface area contributed by atoms with Gasteiger partial charge in [-0.05, 0) is 0 Å². The number of anilines is 1. The van der Waals surface area contributed by atoms with Crippen LogP contribution < -0.4 is 11.3 Å². The minimum atomic E-state index is -0.500. The standard InChI is InChI=1S/C9H13N5O3/c10-9-12-7-6(8(17)13-9)11-4-14(7)1-5(2-15)3-16/h4-5,15-16H,1-3H2,(H3,10,12,13,17). The highest BCUT2D eigenvalue weighted by Gasteiger charge is 2.12. The topological polar surface area (TPSA) is 130 Å². The molecule has 92 valence electrons. The van der Waals surface area contributed by atoms with E-state index in [2.05, 4.69) is 15.0 Å². The van der Waals surface area contributed by atoms with Gasteiger partial charge in [0.2, 0.25) is 5.95 Å². The van der Waals surface area contributed by atoms with Crippen LogP contribution in [-0.4, -0.2) is 42.9 Å². The Labute approximate surface area is 95.7 Å². The number of nitrogen functional groups attached to an aromatic ring is 1. The van der Waals surface area contributed by atoms with Crippen molar-refractivity contribution in [3.63, 3.8) is 0 Å². The van der Waals surface area contributed by atoms with Gasteiger partial charge < -0.3 is 25.5 Å². The van der Waals surface area contributed by atoms with Crippen LogP contribution in [-0.2, 0) is 6.54 Å². The molecule has 0 atom stereocenters. The molecule has 5 N–H and O–H groups in total. The van der Waals surface area contributed by atoms with E-state index in [0.29, 0.717) is 12.2 Å². The summed E-state index contributed by atoms with van der Waals surface area (Å²) in [5.41, 5.74) is 5.57. The Morgan fingerprint density at radius 2 is 2.18 bits per heavy atom. The fourth-order valence-corrected chi connectivity index (χ4v) is 1.57. The van der Waals surface area contributed by atoms with Crippen molar-refractivity contribution >= 4 is 17.1 Å². The predicted octanol–water partition coefficient (Wildman–Crippen LogP) is -1.70. The number of rotatable bonds is 4. The zero-order valence-corrected chi connectivity index (χ0v) is 9.00. The molecule has 2 rings (SSSR count). The van der Waals surface area contributed by atoms with Gasteiger partial charge in [0.15, 0.2) is 5.52 Å². The summed E-state index contributed by atoms with van der Waals surface area (Å²) in [4.78, 5) is 21.6. The molecule has 2 aromatic heterocycles. The smallest absolute Gasteiger partial charge is 0.302 e. The number of aliphatic hydroxyl groups excluding tert-OH is 2. The van der Waals surface area contributed by atoms with Crippen LogP contribution in [0.15, 0.2) is 11.1 Å². The van der Waals surface area contributed by atoms with Crippen molar-refractivity contribution in [2.45, 2.75) is 6.54 Å². The molecule has 8 heteroatoms. The number of imidazole rings is 1. The normalized spacial score (nSPS) is 11.5. The van der Waals surface area contributed by atoms with E-state index < -0.39 is 5.56 Å². The fraction of sp³-hybridized carbons (Fsp3) is 0.444. The zero-order valence-electron chi connectivity index (χ0n) is 9.00. The number of nitrogens with zero attached hydrogens (tertiary/aromatic N) is 3. The lowest BCUT2D eigenvalue weighted by atomic mass is 10.2. The molecule has 0 spiro atoms. The van der Waals surface area contributed by atoms with Crippen LogP contribution in [0.2, 0.25) is 0 Å². The van der Waals surface area contributed by atoms with Crippen molar-refractivity contribution < 1.29 is 10.2 Å². The number of hydrogen-bond acceptors (Lipinski definition) is 6. The summed E-state index contributed by atoms with van der Waals surface area (Å²) in [6.45, 7) is 0.0326. The van der Waals surface area contributed by atoms with E-state index in [0.717, 1.165) is 0 Å². The molecule has 0 unspecified atom stereocenters. The van der Waals surface area contributed by atoms with Crippen molar-refractivity contribution in [3.05, 3.63) is 16.7 Å². The highest BCUT2D eigenvalue weighted by Crippen LogP contribution is 2.09. The van der Waals surface area contributed by atoms with Crippen LogP contribution in [0.25, 0.3) is 11.2 Å². The van der Waals surface area contributed by atoms with Crippen molar-refractivity contribution in [1.29, 1.82) is 0 Å². The summed E-state index contributed by atoms with van der Waals surface area (Å²) < 4.78 is 1.62. The monoisotopic (exact) mass is 239 g/mol. The van der Waals surface area contributed by atoms with Crippen LogP contribution in [0.5, 0.6) is 0 Å². The number of H-pyrrole nitrogens is 1. The first-order chi connectivity index (χ1) is 8.15. The largest absolute Gasteiger partial charge is 0.396 e. The van der Waals surface area contributed by atoms with E-state index in [4.69, 9.17) is 15.9 Å². The third kappa shape index (κ3) is 2.12. The number of nitrogens with two attached hydrogens (primary N) is 1. The molecule has 0 aliphatic heterocycles. The molecular formula is C9H13N5O3. The van der Waals surface area contributed by atoms with Crippen LogP contribution in [0.1, 0.15) is 0 Å². The first-order valence-electron chi connectivity index (χ1n) is 5.08. The maximum absolute atomic E-state index is 11.5. The summed E-state index contributed by atoms with van der Waals surface area (Å²) in [5.74, 6) is -0.306. The van der Waals surface area contributed by atoms with E-state index in [1.165, 1.54) is 6.33 Å². The summed E-state index contributed by atoms with van der Waals surface area (Å²) in [6.07, 6.45) is 1.45. The number of aliphatic hydroxyl groups is 2. The van der Waals surface area contributed by atoms with Gasteiger partial charge in [-0.2, -0.15) is 4.98 Å². The summed E-state index contributed by atoms with van der Waals surface area (Å²) in [7, 11) is 0. The van der Waals surface area contributed by atoms with E-state index in [1.807, 2.05) is 0 Å². The second-order valence-electron chi connectivity index (χ2n) is 3.75. The van der Waals surface area contributed by atoms with Gasteiger partial charge in [-0.3, -0.25) is 4.79 Å². The SMILES string of the molecule is Nc1nc(=O)c2ncn(CC(CO)CO)c2[nH]1. The molecule has 2 aromatic rings. The Kier molecular flexibility index (Phi) is 3.07. The Morgan fingerprint density at radius 1 is 1.47 bits per heavy atom. The van der Waals surface area contributed by atoms with Gasteiger partial charge in [-0.15, -0.1) is 0 Å². The van der Waals surface area contributed by atoms with Crippen molar-refractivity contribution in [3.8, 4) is 0 Å². The summed E-state index contributed by atoms with van der Waals surface area (Å²) in [6, 6.07) is 0. The van der Waals surface area contributed by atoms with E-state index in [1.54, 1.807) is 4.57 Å². The van der Waals surface area contributed by atoms with Gasteiger partial charge >= 0.3 is 5.56 Å². The Bertz CT molecular complexity index is 572. The molecule has 0 fully saturated rings. The van der Waals surface area contributed by atoms with Crippen LogP contribution in [0.4, 0.5) is 5.95 Å². The Hall–Kier alpha value is -1.93. The fourth-order valence-electron chi connectivity index (χ4n) is 1.57. The number of hydrogen-bond donors (Lipinski definition) is 4. The maximum atomic E-state index is 11.5. The first kappa shape index (κ1) is 11.6. The number of aromatic nitrogens is 4. The number of fused-ring (bicyclic) bond motifs is 1. The van der Waals surface area contributed by atoms with Crippen molar-refractivity contribution in [1.82, 2.24) is 19.5 Å². The van der Waals surface area contributed by atoms with Crippen molar-refractivity contribution in [2.75, 3.05) is 18.9 Å². The molecule has 0 radical (unpaired) electrons. The molecule has 0 amide bonds. The first-order valence-corrected chi connectivity index (χ1v) is 5.08. The highest BCUT2D eigenvalue weighted by atomic mass is 16.3. The van der Waals surface area contributed by atoms with Gasteiger partial charge in [0.05, 0.1) is 6.33 Å². The quantitative estimate of drug-likeness (QED) is 0.503. The van der Waals surface area contributed by atoms with Gasteiger partial charge in [0.1, 0.15) is 5.65 Å². The van der Waals surface area contributed by atoms with Crippen molar-refractivity contribution in [2.24, 2.45) is 5.92 Å². The van der Waals surface area contributed by atoms with E-state index >= 15 is 0 Å². The van der Waals surface area contributed by atoms with Gasteiger partial charge in [0, 0.05) is 25.7 Å². The third-order valence-corrected chi connectivity index (χ3v) is 2.48. The zero-order chi connectivity index (χ0) is 12.4. The molecule has 17 heavy (non-hydrogen) atoms. The van der Waals surface area contributed by atoms with Crippen LogP contribution in [0, 0.1) is 5.92 Å². The third-order valence-electron chi connectivity index (χ3n) is 2.48. The van der Waals surface area contributed by atoms with Gasteiger partial charge in [-0.1, -0.05) is 0 Å². The molecule has 8 nitrogen and oxygen atoms in total. The lowest BCUT2D eigenvalue weighted by Gasteiger charge is -2.11. The molecule has 0 aliphatic carbocycles. The Balaban J connectivity index is 2.45. The second kappa shape index (κ2) is 4.52. The molecule has 0 aliphatic rings. The van der Waals surface area contributed by atoms with E-state index in [9.17, 15) is 4.79 Å². The second-order valence-corrected chi connectivity index (χ2v) is 3.75. The van der Waals surface area contributed by atoms with Crippen LogP contribution in [0.3, 0.4) is 0 Å². The Morgan fingerprint density at radius 3 is 2.82 bits per heavy atom. The highest BCUT2D eigenvalue weighted by molar-refractivity contribution is 5.70. The van der Waals surface area contributed by atoms with Gasteiger partial charge in [0.25, 0.3) is 0 Å².